The molecule has 3 rings (SSSR count). The molecule has 0 bridgehead atoms. The van der Waals surface area contributed by atoms with Crippen molar-refractivity contribution in [3.63, 3.8) is 0 Å². The highest BCUT2D eigenvalue weighted by Gasteiger charge is 2.23. The zero-order valence-corrected chi connectivity index (χ0v) is 13.3. The van der Waals surface area contributed by atoms with Crippen LogP contribution in [-0.2, 0) is 4.74 Å². The van der Waals surface area contributed by atoms with Gasteiger partial charge in [-0.15, -0.1) is 23.7 Å². The molecule has 2 aliphatic rings. The van der Waals surface area contributed by atoms with Gasteiger partial charge in [0.2, 0.25) is 0 Å². The van der Waals surface area contributed by atoms with Gasteiger partial charge in [0.15, 0.2) is 11.5 Å². The van der Waals surface area contributed by atoms with E-state index in [2.05, 4.69) is 10.2 Å². The molecule has 0 saturated carbocycles. The van der Waals surface area contributed by atoms with Crippen molar-refractivity contribution in [1.82, 2.24) is 10.2 Å². The van der Waals surface area contributed by atoms with Gasteiger partial charge in [0.1, 0.15) is 18.1 Å². The van der Waals surface area contributed by atoms with Gasteiger partial charge in [-0.25, -0.2) is 0 Å². The van der Waals surface area contributed by atoms with Crippen LogP contribution in [0.5, 0.6) is 11.5 Å². The van der Waals surface area contributed by atoms with E-state index in [4.69, 9.17) is 14.2 Å². The van der Waals surface area contributed by atoms with E-state index in [0.29, 0.717) is 36.1 Å². The first-order chi connectivity index (χ1) is 9.84. The number of carbonyl (C=O) groups is 1. The molecule has 0 aliphatic carbocycles. The van der Waals surface area contributed by atoms with Crippen LogP contribution in [0, 0.1) is 0 Å². The number of nitrogens with one attached hydrogen (secondary N) is 1. The Kier molecular flexibility index (Phi) is 6.10. The predicted molar refractivity (Wildman–Crippen MR) is 82.1 cm³/mol. The number of carbonyl (C=O) groups excluding carboxylic acids is 1. The van der Waals surface area contributed by atoms with E-state index in [-0.39, 0.29) is 18.3 Å². The maximum absolute atomic E-state index is 12.1. The third-order valence-electron chi connectivity index (χ3n) is 3.32. The molecule has 6 nitrogen and oxygen atoms in total. The molecule has 8 heteroatoms. The van der Waals surface area contributed by atoms with Gasteiger partial charge >= 0.3 is 0 Å². The van der Waals surface area contributed by atoms with Gasteiger partial charge in [0.05, 0.1) is 13.2 Å². The number of thiophene rings is 1. The van der Waals surface area contributed by atoms with Crippen molar-refractivity contribution in [2.75, 3.05) is 52.6 Å². The van der Waals surface area contributed by atoms with Gasteiger partial charge in [0, 0.05) is 31.6 Å². The van der Waals surface area contributed by atoms with Gasteiger partial charge in [-0.2, -0.15) is 0 Å². The lowest BCUT2D eigenvalue weighted by atomic mass is 10.3. The molecule has 1 aromatic heterocycles. The van der Waals surface area contributed by atoms with Crippen molar-refractivity contribution in [2.24, 2.45) is 0 Å². The van der Waals surface area contributed by atoms with Crippen LogP contribution >= 0.6 is 23.7 Å². The molecule has 0 spiro atoms. The monoisotopic (exact) mass is 334 g/mol. The lowest BCUT2D eigenvalue weighted by Crippen LogP contribution is -2.41. The lowest BCUT2D eigenvalue weighted by Gasteiger charge is -2.26. The third kappa shape index (κ3) is 4.00. The topological polar surface area (TPSA) is 60.0 Å². The Bertz CT molecular complexity index is 477. The van der Waals surface area contributed by atoms with Crippen molar-refractivity contribution in [2.45, 2.75) is 0 Å². The van der Waals surface area contributed by atoms with Crippen LogP contribution in [-0.4, -0.2) is 63.4 Å². The van der Waals surface area contributed by atoms with E-state index < -0.39 is 0 Å². The van der Waals surface area contributed by atoms with Gasteiger partial charge in [0.25, 0.3) is 5.91 Å². The van der Waals surface area contributed by atoms with Crippen molar-refractivity contribution < 1.29 is 19.0 Å². The van der Waals surface area contributed by atoms with Gasteiger partial charge in [-0.3, -0.25) is 9.69 Å². The molecule has 1 N–H and O–H groups in total. The molecular weight excluding hydrogens is 316 g/mol. The fourth-order valence-corrected chi connectivity index (χ4v) is 3.10. The minimum absolute atomic E-state index is 0. The van der Waals surface area contributed by atoms with Crippen molar-refractivity contribution >= 4 is 29.7 Å². The van der Waals surface area contributed by atoms with E-state index >= 15 is 0 Å². The summed E-state index contributed by atoms with van der Waals surface area (Å²) in [5, 5.41) is 4.76. The number of rotatable bonds is 4. The molecule has 2 aliphatic heterocycles. The molecule has 0 aromatic carbocycles. The number of ether oxygens (including phenoxy) is 3. The summed E-state index contributed by atoms with van der Waals surface area (Å²) in [4.78, 5) is 15.0. The second kappa shape index (κ2) is 7.84. The molecule has 21 heavy (non-hydrogen) atoms. The first-order valence-corrected chi connectivity index (χ1v) is 7.68. The second-order valence-corrected chi connectivity index (χ2v) is 5.54. The zero-order valence-electron chi connectivity index (χ0n) is 11.6. The van der Waals surface area contributed by atoms with Crippen molar-refractivity contribution in [1.29, 1.82) is 0 Å². The van der Waals surface area contributed by atoms with Crippen LogP contribution in [0.4, 0.5) is 0 Å². The van der Waals surface area contributed by atoms with Gasteiger partial charge in [-0.05, 0) is 0 Å². The molecule has 0 radical (unpaired) electrons. The van der Waals surface area contributed by atoms with E-state index in [1.165, 1.54) is 11.3 Å². The number of morpholine rings is 1. The molecule has 3 heterocycles. The Morgan fingerprint density at radius 2 is 2.00 bits per heavy atom. The average Bonchev–Trinajstić information content (AvgIpc) is 2.92. The summed E-state index contributed by atoms with van der Waals surface area (Å²) < 4.78 is 16.2. The predicted octanol–water partition coefficient (Wildman–Crippen LogP) is 1.00. The highest BCUT2D eigenvalue weighted by atomic mass is 35.5. The highest BCUT2D eigenvalue weighted by Crippen LogP contribution is 2.39. The molecule has 0 unspecified atom stereocenters. The van der Waals surface area contributed by atoms with Crippen LogP contribution in [0.15, 0.2) is 5.38 Å². The van der Waals surface area contributed by atoms with Crippen LogP contribution < -0.4 is 14.8 Å². The summed E-state index contributed by atoms with van der Waals surface area (Å²) in [7, 11) is 0. The second-order valence-electron chi connectivity index (χ2n) is 4.67. The molecule has 0 atom stereocenters. The number of hydrogen-bond acceptors (Lipinski definition) is 6. The van der Waals surface area contributed by atoms with Gasteiger partial charge < -0.3 is 19.5 Å². The van der Waals surface area contributed by atoms with Crippen LogP contribution in [0.2, 0.25) is 0 Å². The molecule has 1 amide bonds. The van der Waals surface area contributed by atoms with Gasteiger partial charge in [-0.1, -0.05) is 0 Å². The standard InChI is InChI=1S/C13H18N2O4S.ClH/c16-13(14-1-2-15-3-5-17-6-4-15)12-11-10(9-20-12)18-7-8-19-11;/h9H,1-8H2,(H,14,16);1H. The lowest BCUT2D eigenvalue weighted by molar-refractivity contribution is 0.0383. The molecule has 1 fully saturated rings. The average molecular weight is 335 g/mol. The minimum Gasteiger partial charge on any atom is -0.485 e. The molecule has 1 saturated heterocycles. The summed E-state index contributed by atoms with van der Waals surface area (Å²) in [5.74, 6) is 1.18. The summed E-state index contributed by atoms with van der Waals surface area (Å²) >= 11 is 1.36. The fraction of sp³-hybridized carbons (Fsp3) is 0.615. The minimum atomic E-state index is -0.0880. The number of amides is 1. The molecule has 118 valence electrons. The maximum Gasteiger partial charge on any atom is 0.265 e. The number of halogens is 1. The summed E-state index contributed by atoms with van der Waals surface area (Å²) in [5.41, 5.74) is 0. The maximum atomic E-state index is 12.1. The Morgan fingerprint density at radius 3 is 2.81 bits per heavy atom. The number of hydrogen-bond donors (Lipinski definition) is 1. The van der Waals surface area contributed by atoms with Crippen molar-refractivity contribution in [3.05, 3.63) is 10.3 Å². The van der Waals surface area contributed by atoms with Crippen molar-refractivity contribution in [3.8, 4) is 11.5 Å². The first kappa shape index (κ1) is 16.4. The number of nitrogens with zero attached hydrogens (tertiary/aromatic N) is 1. The van der Waals surface area contributed by atoms with E-state index in [9.17, 15) is 4.79 Å². The fourth-order valence-electron chi connectivity index (χ4n) is 2.25. The normalized spacial score (nSPS) is 17.9. The highest BCUT2D eigenvalue weighted by molar-refractivity contribution is 7.12. The molecular formula is C13H19ClN2O4S. The summed E-state index contributed by atoms with van der Waals surface area (Å²) in [6.07, 6.45) is 0. The van der Waals surface area contributed by atoms with E-state index in [0.717, 1.165) is 32.8 Å². The van der Waals surface area contributed by atoms with Crippen LogP contribution in [0.25, 0.3) is 0 Å². The Hall–Kier alpha value is -1.02. The number of fused-ring (bicyclic) bond motifs is 1. The Balaban J connectivity index is 0.00000161. The summed E-state index contributed by atoms with van der Waals surface area (Å²) in [6, 6.07) is 0. The van der Waals surface area contributed by atoms with E-state index in [1.54, 1.807) is 0 Å². The zero-order chi connectivity index (χ0) is 13.8. The third-order valence-corrected chi connectivity index (χ3v) is 4.26. The SMILES string of the molecule is Cl.O=C(NCCN1CCOCC1)c1scc2c1OCCO2. The molecule has 1 aromatic rings. The smallest absolute Gasteiger partial charge is 0.265 e. The van der Waals surface area contributed by atoms with E-state index in [1.807, 2.05) is 5.38 Å². The van der Waals surface area contributed by atoms with Crippen LogP contribution in [0.3, 0.4) is 0 Å². The first-order valence-electron chi connectivity index (χ1n) is 6.80. The van der Waals surface area contributed by atoms with Crippen LogP contribution in [0.1, 0.15) is 9.67 Å². The largest absolute Gasteiger partial charge is 0.485 e. The quantitative estimate of drug-likeness (QED) is 0.890. The summed E-state index contributed by atoms with van der Waals surface area (Å²) in [6.45, 7) is 5.93. The Morgan fingerprint density at radius 1 is 1.24 bits per heavy atom. The Labute approximate surface area is 133 Å².